The van der Waals surface area contributed by atoms with Crippen LogP contribution in [0.2, 0.25) is 0 Å². The van der Waals surface area contributed by atoms with E-state index in [1.165, 1.54) is 18.2 Å². The molecule has 2 nitrogen and oxygen atoms in total. The maximum absolute atomic E-state index is 12.7. The predicted molar refractivity (Wildman–Crippen MR) is 51.9 cm³/mol. The van der Waals surface area contributed by atoms with Gasteiger partial charge in [0.25, 0.3) is 0 Å². The highest BCUT2D eigenvalue weighted by atomic mass is 79.9. The Morgan fingerprint density at radius 2 is 2.23 bits per heavy atom. The molecule has 13 heavy (non-hydrogen) atoms. The molecule has 0 radical (unpaired) electrons. The molecule has 0 aliphatic rings. The van der Waals surface area contributed by atoms with Gasteiger partial charge in [-0.25, -0.2) is 4.39 Å². The van der Waals surface area contributed by atoms with Gasteiger partial charge < -0.3 is 5.73 Å². The van der Waals surface area contributed by atoms with E-state index in [4.69, 9.17) is 17.3 Å². The number of hydrogen-bond acceptors (Lipinski definition) is 1. The van der Waals surface area contributed by atoms with Crippen LogP contribution in [-0.2, 0) is 4.79 Å². The van der Waals surface area contributed by atoms with Crippen LogP contribution < -0.4 is 5.73 Å². The number of hydrogen-bond donors (Lipinski definition) is 1. The lowest BCUT2D eigenvalue weighted by Crippen LogP contribution is -2.17. The van der Waals surface area contributed by atoms with E-state index in [-0.39, 0.29) is 0 Å². The number of carbonyl (C=O) groups excluding carboxylic acids is 1. The summed E-state index contributed by atoms with van der Waals surface area (Å²) in [5.41, 5.74) is 5.31. The van der Waals surface area contributed by atoms with Crippen LogP contribution in [0.1, 0.15) is 10.9 Å². The first kappa shape index (κ1) is 10.5. The van der Waals surface area contributed by atoms with E-state index in [0.29, 0.717) is 10.0 Å². The summed E-state index contributed by atoms with van der Waals surface area (Å²) in [6.45, 7) is 0. The molecule has 2 N–H and O–H groups in total. The molecule has 0 spiro atoms. The van der Waals surface area contributed by atoms with E-state index in [0.717, 1.165) is 0 Å². The van der Waals surface area contributed by atoms with Crippen LogP contribution in [0.5, 0.6) is 0 Å². The molecule has 0 heterocycles. The van der Waals surface area contributed by atoms with Crippen LogP contribution in [0.4, 0.5) is 4.39 Å². The van der Waals surface area contributed by atoms with Crippen molar-refractivity contribution in [3.05, 3.63) is 34.1 Å². The molecule has 70 valence electrons. The zero-order chi connectivity index (χ0) is 10.0. The molecule has 1 atom stereocenters. The van der Waals surface area contributed by atoms with Gasteiger partial charge in [-0.3, -0.25) is 4.79 Å². The Hall–Kier alpha value is -0.610. The molecule has 0 bridgehead atoms. The van der Waals surface area contributed by atoms with Gasteiger partial charge in [-0.1, -0.05) is 15.9 Å². The fourth-order valence-electron chi connectivity index (χ4n) is 0.862. The van der Waals surface area contributed by atoms with Gasteiger partial charge in [0, 0.05) is 4.47 Å². The fraction of sp³-hybridized carbons (Fsp3) is 0.125. The zero-order valence-electron chi connectivity index (χ0n) is 6.43. The summed E-state index contributed by atoms with van der Waals surface area (Å²) in [5.74, 6) is -1.15. The highest BCUT2D eigenvalue weighted by Crippen LogP contribution is 2.28. The number of benzene rings is 1. The van der Waals surface area contributed by atoms with Crippen LogP contribution in [0.15, 0.2) is 22.7 Å². The van der Waals surface area contributed by atoms with Gasteiger partial charge in [-0.05, 0) is 23.8 Å². The summed E-state index contributed by atoms with van der Waals surface area (Å²) in [5, 5.41) is -1.01. The van der Waals surface area contributed by atoms with Crippen molar-refractivity contribution in [2.24, 2.45) is 5.73 Å². The first-order valence-electron chi connectivity index (χ1n) is 3.40. The molecule has 0 aliphatic carbocycles. The molecule has 0 fully saturated rings. The Labute approximate surface area is 88.0 Å². The first-order chi connectivity index (χ1) is 6.02. The van der Waals surface area contributed by atoms with Crippen molar-refractivity contribution < 1.29 is 9.18 Å². The average Bonchev–Trinajstić information content (AvgIpc) is 2.08. The summed E-state index contributed by atoms with van der Waals surface area (Å²) in [6, 6.07) is 3.91. The smallest absolute Gasteiger partial charge is 0.240 e. The van der Waals surface area contributed by atoms with Crippen LogP contribution in [0, 0.1) is 5.82 Å². The van der Waals surface area contributed by atoms with Crippen molar-refractivity contribution in [3.63, 3.8) is 0 Å². The average molecular weight is 266 g/mol. The Morgan fingerprint density at radius 3 is 2.77 bits per heavy atom. The standard InChI is InChI=1S/C8H6BrClFNO/c9-6-2-1-4(11)3-5(6)7(10)8(12)13/h1-3,7H,(H2,12,13). The van der Waals surface area contributed by atoms with E-state index < -0.39 is 17.1 Å². The number of primary amides is 1. The summed E-state index contributed by atoms with van der Waals surface area (Å²) in [6.07, 6.45) is 0. The molecule has 5 heteroatoms. The maximum Gasteiger partial charge on any atom is 0.240 e. The quantitative estimate of drug-likeness (QED) is 0.821. The minimum Gasteiger partial charge on any atom is -0.368 e. The third-order valence-electron chi connectivity index (χ3n) is 1.48. The second kappa shape index (κ2) is 4.07. The lowest BCUT2D eigenvalue weighted by Gasteiger charge is -2.07. The number of nitrogens with two attached hydrogens (primary N) is 1. The molecule has 0 aromatic heterocycles. The molecule has 1 rings (SSSR count). The number of halogens is 3. The highest BCUT2D eigenvalue weighted by molar-refractivity contribution is 9.10. The van der Waals surface area contributed by atoms with Crippen LogP contribution in [0.25, 0.3) is 0 Å². The van der Waals surface area contributed by atoms with Crippen LogP contribution in [-0.4, -0.2) is 5.91 Å². The predicted octanol–water partition coefficient (Wildman–Crippen LogP) is 2.35. The van der Waals surface area contributed by atoms with E-state index >= 15 is 0 Å². The third kappa shape index (κ3) is 2.42. The molecule has 0 saturated heterocycles. The van der Waals surface area contributed by atoms with Crippen LogP contribution >= 0.6 is 27.5 Å². The lowest BCUT2D eigenvalue weighted by molar-refractivity contribution is -0.117. The summed E-state index contributed by atoms with van der Waals surface area (Å²) < 4.78 is 13.3. The number of carbonyl (C=O) groups is 1. The topological polar surface area (TPSA) is 43.1 Å². The number of alkyl halides is 1. The molecule has 1 aromatic rings. The zero-order valence-corrected chi connectivity index (χ0v) is 8.77. The summed E-state index contributed by atoms with van der Waals surface area (Å²) in [7, 11) is 0. The van der Waals surface area contributed by atoms with Crippen molar-refractivity contribution in [2.45, 2.75) is 5.38 Å². The minimum absolute atomic E-state index is 0.342. The Bertz CT molecular complexity index is 345. The second-order valence-corrected chi connectivity index (χ2v) is 3.72. The van der Waals surface area contributed by atoms with Crippen molar-refractivity contribution >= 4 is 33.4 Å². The van der Waals surface area contributed by atoms with Gasteiger partial charge in [0.05, 0.1) is 0 Å². The first-order valence-corrected chi connectivity index (χ1v) is 4.63. The monoisotopic (exact) mass is 265 g/mol. The van der Waals surface area contributed by atoms with E-state index in [1.807, 2.05) is 0 Å². The van der Waals surface area contributed by atoms with Crippen molar-refractivity contribution in [1.82, 2.24) is 0 Å². The summed E-state index contributed by atoms with van der Waals surface area (Å²) >= 11 is 8.79. The van der Waals surface area contributed by atoms with Crippen molar-refractivity contribution in [3.8, 4) is 0 Å². The highest BCUT2D eigenvalue weighted by Gasteiger charge is 2.17. The van der Waals surface area contributed by atoms with E-state index in [2.05, 4.69) is 15.9 Å². The van der Waals surface area contributed by atoms with E-state index in [9.17, 15) is 9.18 Å². The Morgan fingerprint density at radius 1 is 1.62 bits per heavy atom. The second-order valence-electron chi connectivity index (χ2n) is 2.43. The summed E-state index contributed by atoms with van der Waals surface area (Å²) in [4.78, 5) is 10.7. The SMILES string of the molecule is NC(=O)C(Cl)c1cc(F)ccc1Br. The van der Waals surface area contributed by atoms with Gasteiger partial charge in [0.1, 0.15) is 11.2 Å². The fourth-order valence-corrected chi connectivity index (χ4v) is 1.65. The molecular weight excluding hydrogens is 260 g/mol. The van der Waals surface area contributed by atoms with Crippen LogP contribution in [0.3, 0.4) is 0 Å². The lowest BCUT2D eigenvalue weighted by atomic mass is 10.1. The van der Waals surface area contributed by atoms with Crippen molar-refractivity contribution in [2.75, 3.05) is 0 Å². The van der Waals surface area contributed by atoms with Gasteiger partial charge >= 0.3 is 0 Å². The third-order valence-corrected chi connectivity index (χ3v) is 2.65. The van der Waals surface area contributed by atoms with E-state index in [1.54, 1.807) is 0 Å². The Kier molecular flexibility index (Phi) is 3.27. The Balaban J connectivity index is 3.12. The molecule has 1 unspecified atom stereocenters. The van der Waals surface area contributed by atoms with Crippen molar-refractivity contribution in [1.29, 1.82) is 0 Å². The minimum atomic E-state index is -1.01. The molecule has 0 saturated carbocycles. The molecule has 1 aromatic carbocycles. The maximum atomic E-state index is 12.7. The number of amides is 1. The van der Waals surface area contributed by atoms with Gasteiger partial charge in [-0.2, -0.15) is 0 Å². The van der Waals surface area contributed by atoms with Gasteiger partial charge in [0.15, 0.2) is 0 Å². The van der Waals surface area contributed by atoms with Gasteiger partial charge in [0.2, 0.25) is 5.91 Å². The largest absolute Gasteiger partial charge is 0.368 e. The normalized spacial score (nSPS) is 12.5. The molecule has 0 aliphatic heterocycles. The van der Waals surface area contributed by atoms with Gasteiger partial charge in [-0.15, -0.1) is 11.6 Å². The number of rotatable bonds is 2. The molecular formula is C8H6BrClFNO. The molecule has 1 amide bonds.